The van der Waals surface area contributed by atoms with Crippen molar-refractivity contribution in [2.75, 3.05) is 11.9 Å². The number of hydrogen-bond donors (Lipinski definition) is 4. The lowest BCUT2D eigenvalue weighted by Gasteiger charge is -2.30. The molecule has 2 aromatic rings. The summed E-state index contributed by atoms with van der Waals surface area (Å²) in [5, 5.41) is 18.7. The molecule has 1 heterocycles. The number of halogens is 2. The summed E-state index contributed by atoms with van der Waals surface area (Å²) in [4.78, 5) is 13.0. The van der Waals surface area contributed by atoms with Gasteiger partial charge in [-0.1, -0.05) is 6.07 Å². The van der Waals surface area contributed by atoms with Crippen molar-refractivity contribution < 1.29 is 23.4 Å². The Labute approximate surface area is 171 Å². The number of amides is 1. The zero-order valence-electron chi connectivity index (χ0n) is 15.7. The van der Waals surface area contributed by atoms with Crippen LogP contribution in [0.1, 0.15) is 25.5 Å². The number of carbonyl (C=O) groups excluding carboxylic acids is 1. The van der Waals surface area contributed by atoms with Crippen molar-refractivity contribution in [3.63, 3.8) is 0 Å². The van der Waals surface area contributed by atoms with E-state index in [1.54, 1.807) is 26.0 Å². The Morgan fingerprint density at radius 3 is 2.69 bits per heavy atom. The quantitative estimate of drug-likeness (QED) is 0.556. The van der Waals surface area contributed by atoms with Crippen LogP contribution in [0.2, 0.25) is 0 Å². The minimum Gasteiger partial charge on any atom is -0.504 e. The van der Waals surface area contributed by atoms with E-state index in [-0.39, 0.29) is 17.2 Å². The Morgan fingerprint density at radius 1 is 1.24 bits per heavy atom. The summed E-state index contributed by atoms with van der Waals surface area (Å²) in [7, 11) is 0. The molecule has 1 aliphatic rings. The normalized spacial score (nSPS) is 16.1. The van der Waals surface area contributed by atoms with Gasteiger partial charge in [0.1, 0.15) is 0 Å². The Balaban J connectivity index is 1.96. The molecule has 2 aromatic carbocycles. The average Bonchev–Trinajstić information content (AvgIpc) is 2.66. The van der Waals surface area contributed by atoms with Crippen LogP contribution in [0.4, 0.5) is 14.5 Å². The molecule has 0 aliphatic carbocycles. The Kier molecular flexibility index (Phi) is 5.97. The lowest BCUT2D eigenvalue weighted by Crippen LogP contribution is -2.45. The van der Waals surface area contributed by atoms with Crippen molar-refractivity contribution in [2.24, 2.45) is 0 Å². The van der Waals surface area contributed by atoms with Crippen LogP contribution < -0.4 is 20.7 Å². The second-order valence-corrected chi connectivity index (χ2v) is 6.72. The summed E-state index contributed by atoms with van der Waals surface area (Å²) in [6.07, 6.45) is 0. The van der Waals surface area contributed by atoms with E-state index in [2.05, 4.69) is 16.0 Å². The van der Waals surface area contributed by atoms with Gasteiger partial charge < -0.3 is 25.8 Å². The molecule has 152 valence electrons. The van der Waals surface area contributed by atoms with Crippen LogP contribution in [-0.4, -0.2) is 22.7 Å². The van der Waals surface area contributed by atoms with Crippen molar-refractivity contribution in [1.29, 1.82) is 0 Å². The molecule has 4 N–H and O–H groups in total. The number of rotatable bonds is 5. The smallest absolute Gasteiger partial charge is 0.255 e. The maximum absolute atomic E-state index is 13.5. The van der Waals surface area contributed by atoms with Crippen molar-refractivity contribution in [2.45, 2.75) is 19.9 Å². The Bertz CT molecular complexity index is 1010. The van der Waals surface area contributed by atoms with Crippen molar-refractivity contribution in [3.05, 3.63) is 64.9 Å². The maximum atomic E-state index is 13.5. The van der Waals surface area contributed by atoms with Crippen LogP contribution in [0.15, 0.2) is 47.7 Å². The van der Waals surface area contributed by atoms with E-state index in [0.29, 0.717) is 28.6 Å². The summed E-state index contributed by atoms with van der Waals surface area (Å²) < 4.78 is 32.0. The largest absolute Gasteiger partial charge is 0.504 e. The van der Waals surface area contributed by atoms with E-state index in [1.165, 1.54) is 12.1 Å². The van der Waals surface area contributed by atoms with E-state index >= 15 is 0 Å². The number of ether oxygens (including phenoxy) is 1. The van der Waals surface area contributed by atoms with Crippen LogP contribution in [-0.2, 0) is 4.79 Å². The molecule has 0 fully saturated rings. The topological polar surface area (TPSA) is 82.6 Å². The number of allylic oxidation sites excluding steroid dienone is 1. The molecule has 3 rings (SSSR count). The Morgan fingerprint density at radius 2 is 2.00 bits per heavy atom. The van der Waals surface area contributed by atoms with Gasteiger partial charge in [-0.3, -0.25) is 4.79 Å². The SMILES string of the molecule is CCOc1cc([C@H]2NC(=S)NC(C)=C2C(=O)Nc2ccc(F)c(F)c2)ccc1O. The van der Waals surface area contributed by atoms with E-state index in [9.17, 15) is 18.7 Å². The lowest BCUT2D eigenvalue weighted by molar-refractivity contribution is -0.113. The van der Waals surface area contributed by atoms with Gasteiger partial charge in [0.05, 0.1) is 18.2 Å². The predicted molar refractivity (Wildman–Crippen MR) is 109 cm³/mol. The molecule has 0 radical (unpaired) electrons. The van der Waals surface area contributed by atoms with Crippen LogP contribution in [0.5, 0.6) is 11.5 Å². The molecular formula is C20H19F2N3O3S. The second kappa shape index (κ2) is 8.44. The number of thiocarbonyl (C=S) groups is 1. The highest BCUT2D eigenvalue weighted by Gasteiger charge is 2.30. The predicted octanol–water partition coefficient (Wildman–Crippen LogP) is 3.50. The molecule has 0 unspecified atom stereocenters. The molecule has 0 saturated carbocycles. The standard InChI is InChI=1S/C20H19F2N3O3S/c1-3-28-16-8-11(4-7-15(16)26)18-17(10(2)23-20(29)25-18)19(27)24-12-5-6-13(21)14(22)9-12/h4-9,18,26H,3H2,1-2H3,(H,24,27)(H2,23,25,29)/t18-/m1/s1. The van der Waals surface area contributed by atoms with E-state index < -0.39 is 23.6 Å². The lowest BCUT2D eigenvalue weighted by atomic mass is 9.94. The molecule has 1 amide bonds. The molecule has 6 nitrogen and oxygen atoms in total. The van der Waals surface area contributed by atoms with Crippen molar-refractivity contribution >= 4 is 28.9 Å². The molecule has 1 aliphatic heterocycles. The van der Waals surface area contributed by atoms with E-state index in [0.717, 1.165) is 12.1 Å². The first-order chi connectivity index (χ1) is 13.8. The summed E-state index contributed by atoms with van der Waals surface area (Å²) in [6.45, 7) is 3.83. The molecular weight excluding hydrogens is 400 g/mol. The van der Waals surface area contributed by atoms with Gasteiger partial charge in [0, 0.05) is 17.5 Å². The van der Waals surface area contributed by atoms with Gasteiger partial charge in [-0.05, 0) is 55.9 Å². The molecule has 0 saturated heterocycles. The average molecular weight is 419 g/mol. The zero-order valence-corrected chi connectivity index (χ0v) is 16.5. The van der Waals surface area contributed by atoms with Gasteiger partial charge >= 0.3 is 0 Å². The van der Waals surface area contributed by atoms with Gasteiger partial charge in [-0.2, -0.15) is 0 Å². The third kappa shape index (κ3) is 4.45. The van der Waals surface area contributed by atoms with Gasteiger partial charge in [-0.15, -0.1) is 0 Å². The summed E-state index contributed by atoms with van der Waals surface area (Å²) in [5.41, 5.74) is 1.55. The number of phenolic OH excluding ortho intramolecular Hbond substituents is 1. The third-order valence-corrected chi connectivity index (χ3v) is 4.53. The number of carbonyl (C=O) groups is 1. The number of benzene rings is 2. The van der Waals surface area contributed by atoms with Crippen molar-refractivity contribution in [3.8, 4) is 11.5 Å². The van der Waals surface area contributed by atoms with Crippen LogP contribution >= 0.6 is 12.2 Å². The third-order valence-electron chi connectivity index (χ3n) is 4.31. The number of anilines is 1. The number of hydrogen-bond acceptors (Lipinski definition) is 4. The minimum absolute atomic E-state index is 0.0272. The van der Waals surface area contributed by atoms with Gasteiger partial charge in [0.25, 0.3) is 5.91 Å². The fraction of sp³-hybridized carbons (Fsp3) is 0.200. The highest BCUT2D eigenvalue weighted by Crippen LogP contribution is 2.34. The highest BCUT2D eigenvalue weighted by atomic mass is 32.1. The summed E-state index contributed by atoms with van der Waals surface area (Å²) in [5.74, 6) is -2.34. The van der Waals surface area contributed by atoms with Gasteiger partial charge in [0.2, 0.25) is 0 Å². The molecule has 0 bridgehead atoms. The zero-order chi connectivity index (χ0) is 21.1. The first-order valence-electron chi connectivity index (χ1n) is 8.80. The van der Waals surface area contributed by atoms with Crippen molar-refractivity contribution in [1.82, 2.24) is 10.6 Å². The molecule has 29 heavy (non-hydrogen) atoms. The summed E-state index contributed by atoms with van der Waals surface area (Å²) >= 11 is 5.21. The first kappa shape index (κ1) is 20.5. The highest BCUT2D eigenvalue weighted by molar-refractivity contribution is 7.80. The number of phenols is 1. The van der Waals surface area contributed by atoms with Gasteiger partial charge in [-0.25, -0.2) is 8.78 Å². The maximum Gasteiger partial charge on any atom is 0.255 e. The molecule has 0 aromatic heterocycles. The van der Waals surface area contributed by atoms with Gasteiger partial charge in [0.15, 0.2) is 28.2 Å². The van der Waals surface area contributed by atoms with Crippen LogP contribution in [0.3, 0.4) is 0 Å². The summed E-state index contributed by atoms with van der Waals surface area (Å²) in [6, 6.07) is 7.18. The second-order valence-electron chi connectivity index (χ2n) is 6.31. The van der Waals surface area contributed by atoms with Crippen LogP contribution in [0.25, 0.3) is 0 Å². The molecule has 0 spiro atoms. The van der Waals surface area contributed by atoms with Crippen LogP contribution in [0, 0.1) is 11.6 Å². The fourth-order valence-corrected chi connectivity index (χ4v) is 3.27. The fourth-order valence-electron chi connectivity index (χ4n) is 3.00. The Hall–Kier alpha value is -3.20. The monoisotopic (exact) mass is 419 g/mol. The number of nitrogens with one attached hydrogen (secondary N) is 3. The minimum atomic E-state index is -1.06. The van der Waals surface area contributed by atoms with E-state index in [1.807, 2.05) is 0 Å². The molecule has 9 heteroatoms. The first-order valence-corrected chi connectivity index (χ1v) is 9.21. The van der Waals surface area contributed by atoms with E-state index in [4.69, 9.17) is 17.0 Å². The molecule has 1 atom stereocenters. The number of aromatic hydroxyl groups is 1.